The number of nitrogens with zero attached hydrogens (tertiary/aromatic N) is 2. The molecule has 2 atom stereocenters. The SMILES string of the molecule is Fc1cc(Cl)cc(N2CCC3CC3(C#Cc3ccccn3)C2)c1. The van der Waals surface area contributed by atoms with E-state index in [1.807, 2.05) is 24.3 Å². The first-order chi connectivity index (χ1) is 11.1. The first-order valence-corrected chi connectivity index (χ1v) is 8.18. The van der Waals surface area contributed by atoms with E-state index in [2.05, 4.69) is 21.7 Å². The molecule has 0 radical (unpaired) electrons. The fourth-order valence-corrected chi connectivity index (χ4v) is 3.66. The number of rotatable bonds is 1. The second kappa shape index (κ2) is 5.54. The molecule has 1 saturated carbocycles. The Morgan fingerprint density at radius 2 is 2.22 bits per heavy atom. The molecule has 2 aliphatic rings. The summed E-state index contributed by atoms with van der Waals surface area (Å²) >= 11 is 5.99. The molecule has 2 aromatic rings. The largest absolute Gasteiger partial charge is 0.370 e. The van der Waals surface area contributed by atoms with Gasteiger partial charge in [-0.15, -0.1) is 0 Å². The molecule has 0 N–H and O–H groups in total. The average Bonchev–Trinajstić information content (AvgIpc) is 3.27. The van der Waals surface area contributed by atoms with Gasteiger partial charge >= 0.3 is 0 Å². The van der Waals surface area contributed by atoms with Crippen LogP contribution in [0.5, 0.6) is 0 Å². The van der Waals surface area contributed by atoms with Crippen molar-refractivity contribution in [2.75, 3.05) is 18.0 Å². The third-order valence-corrected chi connectivity index (χ3v) is 4.99. The van der Waals surface area contributed by atoms with Crippen LogP contribution in [0, 0.1) is 29.0 Å². The molecule has 0 bridgehead atoms. The lowest BCUT2D eigenvalue weighted by atomic mass is 9.97. The van der Waals surface area contributed by atoms with Crippen LogP contribution in [0.2, 0.25) is 5.02 Å². The summed E-state index contributed by atoms with van der Waals surface area (Å²) in [6, 6.07) is 10.5. The van der Waals surface area contributed by atoms with Gasteiger partial charge in [0.25, 0.3) is 0 Å². The van der Waals surface area contributed by atoms with Gasteiger partial charge in [-0.3, -0.25) is 0 Å². The van der Waals surface area contributed by atoms with Crippen molar-refractivity contribution in [2.24, 2.45) is 11.3 Å². The van der Waals surface area contributed by atoms with Gasteiger partial charge in [0.15, 0.2) is 0 Å². The summed E-state index contributed by atoms with van der Waals surface area (Å²) in [5, 5.41) is 0.437. The zero-order chi connectivity index (χ0) is 15.9. The number of hydrogen-bond acceptors (Lipinski definition) is 2. The highest BCUT2D eigenvalue weighted by molar-refractivity contribution is 6.30. The normalized spacial score (nSPS) is 25.3. The number of aromatic nitrogens is 1. The third kappa shape index (κ3) is 2.92. The van der Waals surface area contributed by atoms with Gasteiger partial charge in [-0.05, 0) is 55.0 Å². The van der Waals surface area contributed by atoms with Gasteiger partial charge in [0.2, 0.25) is 0 Å². The van der Waals surface area contributed by atoms with E-state index < -0.39 is 0 Å². The van der Waals surface area contributed by atoms with Crippen molar-refractivity contribution in [3.63, 3.8) is 0 Å². The molecule has 0 amide bonds. The molecule has 1 aliphatic carbocycles. The van der Waals surface area contributed by atoms with Gasteiger partial charge in [-0.1, -0.05) is 23.6 Å². The molecule has 1 aromatic carbocycles. The van der Waals surface area contributed by atoms with Crippen LogP contribution in [-0.2, 0) is 0 Å². The highest BCUT2D eigenvalue weighted by Crippen LogP contribution is 2.57. The zero-order valence-corrected chi connectivity index (χ0v) is 13.4. The molecule has 1 aliphatic heterocycles. The molecule has 1 aromatic heterocycles. The fourth-order valence-electron chi connectivity index (χ4n) is 3.44. The van der Waals surface area contributed by atoms with E-state index >= 15 is 0 Å². The smallest absolute Gasteiger partial charge is 0.126 e. The molecule has 4 rings (SSSR count). The molecule has 2 nitrogen and oxygen atoms in total. The van der Waals surface area contributed by atoms with Gasteiger partial charge in [0.05, 0.1) is 5.41 Å². The molecule has 1 saturated heterocycles. The zero-order valence-electron chi connectivity index (χ0n) is 12.6. The van der Waals surface area contributed by atoms with E-state index in [0.29, 0.717) is 10.9 Å². The van der Waals surface area contributed by atoms with Gasteiger partial charge in [-0.2, -0.15) is 0 Å². The Balaban J connectivity index is 1.57. The monoisotopic (exact) mass is 326 g/mol. The predicted octanol–water partition coefficient (Wildman–Crippen LogP) is 4.14. The van der Waals surface area contributed by atoms with Crippen LogP contribution in [0.25, 0.3) is 0 Å². The Labute approximate surface area is 140 Å². The summed E-state index contributed by atoms with van der Waals surface area (Å²) < 4.78 is 13.6. The summed E-state index contributed by atoms with van der Waals surface area (Å²) in [5.41, 5.74) is 1.67. The molecule has 0 spiro atoms. The van der Waals surface area contributed by atoms with Crippen molar-refractivity contribution < 1.29 is 4.39 Å². The van der Waals surface area contributed by atoms with E-state index in [-0.39, 0.29) is 11.2 Å². The number of hydrogen-bond donors (Lipinski definition) is 0. The fraction of sp³-hybridized carbons (Fsp3) is 0.316. The molecule has 23 heavy (non-hydrogen) atoms. The van der Waals surface area contributed by atoms with Gasteiger partial charge in [0.1, 0.15) is 11.5 Å². The highest BCUT2D eigenvalue weighted by Gasteiger charge is 2.56. The number of fused-ring (bicyclic) bond motifs is 1. The first-order valence-electron chi connectivity index (χ1n) is 7.80. The molecule has 2 unspecified atom stereocenters. The van der Waals surface area contributed by atoms with Crippen LogP contribution in [-0.4, -0.2) is 18.1 Å². The van der Waals surface area contributed by atoms with E-state index in [9.17, 15) is 4.39 Å². The maximum absolute atomic E-state index is 13.6. The lowest BCUT2D eigenvalue weighted by Crippen LogP contribution is -2.36. The van der Waals surface area contributed by atoms with Gasteiger partial charge in [-0.25, -0.2) is 9.37 Å². The second-order valence-electron chi connectivity index (χ2n) is 6.36. The summed E-state index contributed by atoms with van der Waals surface area (Å²) in [4.78, 5) is 6.46. The van der Waals surface area contributed by atoms with Crippen molar-refractivity contribution in [2.45, 2.75) is 12.8 Å². The van der Waals surface area contributed by atoms with Crippen LogP contribution in [0.4, 0.5) is 10.1 Å². The van der Waals surface area contributed by atoms with Crippen LogP contribution >= 0.6 is 11.6 Å². The average molecular weight is 327 g/mol. The van der Waals surface area contributed by atoms with Crippen molar-refractivity contribution in [1.29, 1.82) is 0 Å². The standard InChI is InChI=1S/C19H16ClFN2/c20-15-9-16(21)11-18(10-15)23-8-5-14-12-19(14,13-23)6-4-17-3-1-2-7-22-17/h1-3,7,9-11,14H,5,8,12-13H2. The van der Waals surface area contributed by atoms with Gasteiger partial charge < -0.3 is 4.90 Å². The van der Waals surface area contributed by atoms with Crippen molar-refractivity contribution in [3.05, 3.63) is 59.1 Å². The summed E-state index contributed by atoms with van der Waals surface area (Å²) in [6.45, 7) is 1.76. The number of pyridine rings is 1. The van der Waals surface area contributed by atoms with Gasteiger partial charge in [0, 0.05) is 30.0 Å². The Morgan fingerprint density at radius 3 is 3.00 bits per heavy atom. The van der Waals surface area contributed by atoms with Crippen LogP contribution in [0.3, 0.4) is 0 Å². The molecule has 4 heteroatoms. The Kier molecular flexibility index (Phi) is 3.50. The molecular formula is C19H16ClFN2. The Hall–Kier alpha value is -2.05. The van der Waals surface area contributed by atoms with Crippen LogP contribution in [0.15, 0.2) is 42.6 Å². The molecular weight excluding hydrogens is 311 g/mol. The minimum Gasteiger partial charge on any atom is -0.370 e. The minimum absolute atomic E-state index is 0.0224. The number of piperidine rings is 1. The molecule has 2 heterocycles. The number of anilines is 1. The Morgan fingerprint density at radius 1 is 1.30 bits per heavy atom. The minimum atomic E-state index is -0.293. The maximum atomic E-state index is 13.6. The summed E-state index contributed by atoms with van der Waals surface area (Å²) in [7, 11) is 0. The lowest BCUT2D eigenvalue weighted by molar-refractivity contribution is 0.481. The number of benzene rings is 1. The second-order valence-corrected chi connectivity index (χ2v) is 6.80. The highest BCUT2D eigenvalue weighted by atomic mass is 35.5. The van der Waals surface area contributed by atoms with Crippen LogP contribution < -0.4 is 4.90 Å². The van der Waals surface area contributed by atoms with Crippen LogP contribution in [0.1, 0.15) is 18.5 Å². The summed E-state index contributed by atoms with van der Waals surface area (Å²) in [6.07, 6.45) is 3.96. The number of halogens is 2. The molecule has 116 valence electrons. The third-order valence-electron chi connectivity index (χ3n) is 4.77. The quantitative estimate of drug-likeness (QED) is 0.732. The lowest BCUT2D eigenvalue weighted by Gasteiger charge is -2.32. The maximum Gasteiger partial charge on any atom is 0.126 e. The van der Waals surface area contributed by atoms with E-state index in [1.165, 1.54) is 6.07 Å². The van der Waals surface area contributed by atoms with Crippen molar-refractivity contribution in [1.82, 2.24) is 4.98 Å². The van der Waals surface area contributed by atoms with Crippen molar-refractivity contribution in [3.8, 4) is 11.8 Å². The summed E-state index contributed by atoms with van der Waals surface area (Å²) in [5.74, 6) is 7.00. The Bertz CT molecular complexity index is 776. The van der Waals surface area contributed by atoms with E-state index in [1.54, 1.807) is 12.3 Å². The molecule has 2 fully saturated rings. The predicted molar refractivity (Wildman–Crippen MR) is 89.9 cm³/mol. The first kappa shape index (κ1) is 14.5. The van der Waals surface area contributed by atoms with Crippen molar-refractivity contribution >= 4 is 17.3 Å². The topological polar surface area (TPSA) is 16.1 Å². The van der Waals surface area contributed by atoms with E-state index in [0.717, 1.165) is 37.3 Å². The van der Waals surface area contributed by atoms with E-state index in [4.69, 9.17) is 11.6 Å².